The molecule has 1 aromatic heterocycles. The van der Waals surface area contributed by atoms with Gasteiger partial charge in [-0.2, -0.15) is 31.4 Å². The fraction of sp³-hybridized carbons (Fsp3) is 0.320. The molecule has 15 heteroatoms. The van der Waals surface area contributed by atoms with Crippen molar-refractivity contribution in [2.24, 2.45) is 0 Å². The highest BCUT2D eigenvalue weighted by Crippen LogP contribution is 2.23. The summed E-state index contributed by atoms with van der Waals surface area (Å²) in [5.74, 6) is -4.59. The van der Waals surface area contributed by atoms with Crippen molar-refractivity contribution in [3.8, 4) is 16.9 Å². The molecule has 4 N–H and O–H groups in total. The summed E-state index contributed by atoms with van der Waals surface area (Å²) in [6.45, 7) is 3.14. The van der Waals surface area contributed by atoms with E-state index >= 15 is 0 Å². The van der Waals surface area contributed by atoms with Crippen LogP contribution in [0.5, 0.6) is 5.75 Å². The Morgan fingerprint density at radius 2 is 1.62 bits per heavy atom. The van der Waals surface area contributed by atoms with E-state index in [1.807, 2.05) is 18.5 Å². The molecule has 9 nitrogen and oxygen atoms in total. The zero-order valence-electron chi connectivity index (χ0n) is 21.0. The highest BCUT2D eigenvalue weighted by atomic mass is 19.4. The maximum atomic E-state index is 10.6. The number of benzene rings is 2. The van der Waals surface area contributed by atoms with Crippen molar-refractivity contribution in [3.05, 3.63) is 66.5 Å². The first-order chi connectivity index (χ1) is 18.7. The number of likely N-dealkylation sites (tertiary alicyclic amines) is 1. The lowest BCUT2D eigenvalue weighted by atomic mass is 10.1. The molecule has 40 heavy (non-hydrogen) atoms. The predicted molar refractivity (Wildman–Crippen MR) is 132 cm³/mol. The van der Waals surface area contributed by atoms with E-state index in [-0.39, 0.29) is 0 Å². The lowest BCUT2D eigenvalue weighted by Crippen LogP contribution is -2.25. The standard InChI is InChI=1S/C21H24N4O.2C2HF3O2/c1-26-21-4-2-3-16(11-21)14-25-10-9-20(15-25)24-19-7-5-17(6-8-19)18-12-22-23-13-18;2*3-2(4,5)1(6)7/h2-8,11-13,20,24H,9-10,14-15H2,1H3,(H,22,23);2*(H,6,7). The van der Waals surface area contributed by atoms with Crippen molar-refractivity contribution in [1.82, 2.24) is 15.1 Å². The number of methoxy groups -OCH3 is 1. The van der Waals surface area contributed by atoms with Gasteiger partial charge in [-0.15, -0.1) is 0 Å². The minimum Gasteiger partial charge on any atom is -0.497 e. The molecule has 1 saturated heterocycles. The van der Waals surface area contributed by atoms with Crippen LogP contribution in [0.15, 0.2) is 60.9 Å². The monoisotopic (exact) mass is 576 g/mol. The summed E-state index contributed by atoms with van der Waals surface area (Å²) in [7, 11) is 1.72. The molecule has 4 rings (SSSR count). The number of alkyl halides is 6. The number of anilines is 1. The number of nitrogens with one attached hydrogen (secondary N) is 2. The molecule has 1 fully saturated rings. The van der Waals surface area contributed by atoms with E-state index < -0.39 is 24.3 Å². The molecule has 3 aromatic rings. The first kappa shape index (κ1) is 31.9. The van der Waals surface area contributed by atoms with Crippen LogP contribution in [-0.4, -0.2) is 75.8 Å². The van der Waals surface area contributed by atoms with Gasteiger partial charge < -0.3 is 20.3 Å². The molecule has 1 aliphatic rings. The second kappa shape index (κ2) is 14.2. The average Bonchev–Trinajstić information content (AvgIpc) is 3.57. The fourth-order valence-corrected chi connectivity index (χ4v) is 3.53. The number of halogens is 6. The Kier molecular flexibility index (Phi) is 11.3. The third-order valence-corrected chi connectivity index (χ3v) is 5.38. The number of aromatic nitrogens is 2. The first-order valence-electron chi connectivity index (χ1n) is 11.5. The van der Waals surface area contributed by atoms with E-state index in [0.29, 0.717) is 6.04 Å². The number of ether oxygens (including phenoxy) is 1. The fourth-order valence-electron chi connectivity index (χ4n) is 3.53. The number of hydrogen-bond donors (Lipinski definition) is 4. The number of hydrogen-bond acceptors (Lipinski definition) is 6. The predicted octanol–water partition coefficient (Wildman–Crippen LogP) is 5.04. The van der Waals surface area contributed by atoms with Crippen molar-refractivity contribution in [1.29, 1.82) is 0 Å². The number of aliphatic carboxylic acids is 2. The third-order valence-electron chi connectivity index (χ3n) is 5.38. The van der Waals surface area contributed by atoms with Gasteiger partial charge in [-0.3, -0.25) is 10.00 Å². The number of nitrogens with zero attached hydrogens (tertiary/aromatic N) is 2. The van der Waals surface area contributed by atoms with Crippen LogP contribution in [-0.2, 0) is 16.1 Å². The Hall–Kier alpha value is -4.27. The number of rotatable bonds is 6. The summed E-state index contributed by atoms with van der Waals surface area (Å²) < 4.78 is 68.8. The van der Waals surface area contributed by atoms with E-state index in [1.165, 1.54) is 16.8 Å². The molecule has 2 heterocycles. The van der Waals surface area contributed by atoms with Crippen LogP contribution in [0.25, 0.3) is 11.1 Å². The zero-order chi connectivity index (χ0) is 29.9. The Morgan fingerprint density at radius 1 is 1.02 bits per heavy atom. The van der Waals surface area contributed by atoms with Gasteiger partial charge >= 0.3 is 24.3 Å². The number of carboxylic acid groups (broad SMARTS) is 2. The molecule has 0 bridgehead atoms. The van der Waals surface area contributed by atoms with Crippen molar-refractivity contribution in [2.45, 2.75) is 31.4 Å². The van der Waals surface area contributed by atoms with Crippen molar-refractivity contribution in [2.75, 3.05) is 25.5 Å². The summed E-state index contributed by atoms with van der Waals surface area (Å²) >= 11 is 0. The molecule has 0 aliphatic carbocycles. The van der Waals surface area contributed by atoms with E-state index in [1.54, 1.807) is 7.11 Å². The molecular weight excluding hydrogens is 550 g/mol. The van der Waals surface area contributed by atoms with Gasteiger partial charge in [0.05, 0.1) is 13.3 Å². The van der Waals surface area contributed by atoms with Gasteiger partial charge in [0.25, 0.3) is 0 Å². The average molecular weight is 576 g/mol. The van der Waals surface area contributed by atoms with E-state index in [0.717, 1.165) is 37.4 Å². The first-order valence-corrected chi connectivity index (χ1v) is 11.5. The minimum absolute atomic E-state index is 0.486. The highest BCUT2D eigenvalue weighted by Gasteiger charge is 2.38. The molecule has 0 saturated carbocycles. The van der Waals surface area contributed by atoms with Gasteiger partial charge in [-0.25, -0.2) is 9.59 Å². The molecule has 2 aromatic carbocycles. The SMILES string of the molecule is COc1cccc(CN2CCC(Nc3ccc(-c4cn[nH]c4)cc3)C2)c1.O=C(O)C(F)(F)F.O=C(O)C(F)(F)F. The van der Waals surface area contributed by atoms with Crippen LogP contribution in [0.3, 0.4) is 0 Å². The van der Waals surface area contributed by atoms with Gasteiger partial charge in [0.2, 0.25) is 0 Å². The molecule has 1 unspecified atom stereocenters. The summed E-state index contributed by atoms with van der Waals surface area (Å²) in [5.41, 5.74) is 4.76. The maximum Gasteiger partial charge on any atom is 0.490 e. The van der Waals surface area contributed by atoms with E-state index in [2.05, 4.69) is 62.9 Å². The Labute approximate surface area is 224 Å². The topological polar surface area (TPSA) is 128 Å². The molecule has 1 atom stereocenters. The van der Waals surface area contributed by atoms with Crippen molar-refractivity contribution in [3.63, 3.8) is 0 Å². The van der Waals surface area contributed by atoms with Crippen molar-refractivity contribution < 1.29 is 50.9 Å². The highest BCUT2D eigenvalue weighted by molar-refractivity contribution is 5.73. The molecule has 0 amide bonds. The maximum absolute atomic E-state index is 10.6. The third kappa shape index (κ3) is 10.8. The van der Waals surface area contributed by atoms with Gasteiger partial charge in [0.1, 0.15) is 5.75 Å². The van der Waals surface area contributed by atoms with Crippen LogP contribution >= 0.6 is 0 Å². The van der Waals surface area contributed by atoms with Crippen LogP contribution in [0.2, 0.25) is 0 Å². The normalized spacial score (nSPS) is 15.2. The van der Waals surface area contributed by atoms with Crippen LogP contribution in [0.1, 0.15) is 12.0 Å². The van der Waals surface area contributed by atoms with Gasteiger partial charge in [-0.05, 0) is 41.8 Å². The Bertz CT molecular complexity index is 1190. The summed E-state index contributed by atoms with van der Waals surface area (Å²) in [6, 6.07) is 17.4. The summed E-state index contributed by atoms with van der Waals surface area (Å²) in [6.07, 6.45) is -5.25. The van der Waals surface area contributed by atoms with E-state index in [4.69, 9.17) is 24.5 Å². The number of aromatic amines is 1. The minimum atomic E-state index is -5.08. The van der Waals surface area contributed by atoms with E-state index in [9.17, 15) is 26.3 Å². The second-order valence-electron chi connectivity index (χ2n) is 8.39. The second-order valence-corrected chi connectivity index (χ2v) is 8.39. The van der Waals surface area contributed by atoms with Crippen LogP contribution in [0.4, 0.5) is 32.0 Å². The molecule has 1 aliphatic heterocycles. The Morgan fingerprint density at radius 3 is 2.12 bits per heavy atom. The van der Waals surface area contributed by atoms with Crippen molar-refractivity contribution >= 4 is 17.6 Å². The smallest absolute Gasteiger partial charge is 0.490 e. The van der Waals surface area contributed by atoms with Crippen LogP contribution < -0.4 is 10.1 Å². The molecule has 0 radical (unpaired) electrons. The lowest BCUT2D eigenvalue weighted by molar-refractivity contribution is -0.193. The van der Waals surface area contributed by atoms with Crippen LogP contribution in [0, 0.1) is 0 Å². The Balaban J connectivity index is 0.000000333. The lowest BCUT2D eigenvalue weighted by Gasteiger charge is -2.18. The van der Waals surface area contributed by atoms with Gasteiger partial charge in [-0.1, -0.05) is 24.3 Å². The quantitative estimate of drug-likeness (QED) is 0.301. The molecular formula is C25H26F6N4O5. The molecule has 0 spiro atoms. The molecule has 218 valence electrons. The number of carboxylic acids is 2. The number of H-pyrrole nitrogens is 1. The summed E-state index contributed by atoms with van der Waals surface area (Å²) in [5, 5.41) is 24.8. The largest absolute Gasteiger partial charge is 0.497 e. The zero-order valence-corrected chi connectivity index (χ0v) is 21.0. The van der Waals surface area contributed by atoms with Gasteiger partial charge in [0.15, 0.2) is 0 Å². The summed E-state index contributed by atoms with van der Waals surface area (Å²) in [4.78, 5) is 20.3. The van der Waals surface area contributed by atoms with Gasteiger partial charge in [0, 0.05) is 43.1 Å². The number of carbonyl (C=O) groups is 2.